The zero-order valence-electron chi connectivity index (χ0n) is 9.19. The molecule has 1 saturated carbocycles. The maximum absolute atomic E-state index is 5.89. The number of fused-ring (bicyclic) bond motifs is 1. The highest BCUT2D eigenvalue weighted by molar-refractivity contribution is 5.57. The summed E-state index contributed by atoms with van der Waals surface area (Å²) in [6, 6.07) is 10.0. The Morgan fingerprint density at radius 3 is 2.73 bits per heavy atom. The van der Waals surface area contributed by atoms with Crippen LogP contribution in [0.4, 0.5) is 5.69 Å². The molecule has 4 rings (SSSR count). The number of hydrogen-bond acceptors (Lipinski definition) is 2. The van der Waals surface area contributed by atoms with Crippen LogP contribution in [0.5, 0.6) is 0 Å². The van der Waals surface area contributed by atoms with E-state index in [2.05, 4.69) is 36.1 Å². The van der Waals surface area contributed by atoms with E-state index in [4.69, 9.17) is 5.73 Å². The molecule has 2 nitrogen and oxygen atoms in total. The van der Waals surface area contributed by atoms with Gasteiger partial charge in [-0.25, -0.2) is 0 Å². The van der Waals surface area contributed by atoms with Gasteiger partial charge in [0, 0.05) is 24.3 Å². The Morgan fingerprint density at radius 1 is 1.33 bits per heavy atom. The molecule has 0 spiro atoms. The zero-order chi connectivity index (χ0) is 10.4. The number of para-hydroxylation sites is 1. The first-order valence-corrected chi connectivity index (χ1v) is 5.85. The Kier molecular flexibility index (Phi) is 1.99. The molecule has 1 aromatic rings. The van der Waals surface area contributed by atoms with Crippen LogP contribution in [-0.2, 0) is 0 Å². The van der Waals surface area contributed by atoms with Crippen molar-refractivity contribution in [3.63, 3.8) is 0 Å². The summed E-state index contributed by atoms with van der Waals surface area (Å²) in [4.78, 5) is 2.57. The van der Waals surface area contributed by atoms with Crippen LogP contribution < -0.4 is 10.6 Å². The van der Waals surface area contributed by atoms with E-state index in [-0.39, 0.29) is 0 Å². The highest BCUT2D eigenvalue weighted by Gasteiger charge is 2.49. The first-order chi connectivity index (χ1) is 7.31. The van der Waals surface area contributed by atoms with E-state index >= 15 is 0 Å². The van der Waals surface area contributed by atoms with Gasteiger partial charge in [-0.15, -0.1) is 0 Å². The Hall–Kier alpha value is -1.02. The molecule has 2 heterocycles. The monoisotopic (exact) mass is 202 g/mol. The lowest BCUT2D eigenvalue weighted by Gasteiger charge is -2.29. The molecule has 80 valence electrons. The van der Waals surface area contributed by atoms with E-state index in [0.717, 1.165) is 18.5 Å². The second-order valence-electron chi connectivity index (χ2n) is 4.88. The van der Waals surface area contributed by atoms with Crippen molar-refractivity contribution in [2.75, 3.05) is 11.4 Å². The molecule has 0 radical (unpaired) electrons. The Morgan fingerprint density at radius 2 is 2.07 bits per heavy atom. The Labute approximate surface area is 91.1 Å². The van der Waals surface area contributed by atoms with Gasteiger partial charge in [0.05, 0.1) is 0 Å². The summed E-state index contributed by atoms with van der Waals surface area (Å²) in [5, 5.41) is 0. The molecule has 1 unspecified atom stereocenters. The molecule has 2 saturated heterocycles. The van der Waals surface area contributed by atoms with Gasteiger partial charge < -0.3 is 10.6 Å². The largest absolute Gasteiger partial charge is 0.364 e. The number of rotatable bonds is 2. The molecule has 1 atom stereocenters. The van der Waals surface area contributed by atoms with E-state index in [1.807, 2.05) is 0 Å². The summed E-state index contributed by atoms with van der Waals surface area (Å²) >= 11 is 0. The lowest BCUT2D eigenvalue weighted by molar-refractivity contribution is 0.354. The van der Waals surface area contributed by atoms with E-state index in [1.54, 1.807) is 0 Å². The van der Waals surface area contributed by atoms with Crippen molar-refractivity contribution in [2.45, 2.75) is 31.8 Å². The molecular weight excluding hydrogens is 184 g/mol. The van der Waals surface area contributed by atoms with E-state index in [9.17, 15) is 0 Å². The van der Waals surface area contributed by atoms with Gasteiger partial charge in [0.25, 0.3) is 0 Å². The first kappa shape index (κ1) is 9.22. The maximum Gasteiger partial charge on any atom is 0.0445 e. The lowest BCUT2D eigenvalue weighted by Crippen LogP contribution is -2.36. The molecule has 2 aliphatic heterocycles. The standard InChI is InChI=1S/C13H18N2/c1-9-4-2-3-5-12(9)15-11-6-10(7-11)13(15)8-14/h2-5,10-11,13H,6-8,14H2,1H3. The molecule has 3 aliphatic rings. The topological polar surface area (TPSA) is 29.3 Å². The summed E-state index contributed by atoms with van der Waals surface area (Å²) in [6.45, 7) is 2.99. The molecule has 1 aromatic carbocycles. The van der Waals surface area contributed by atoms with Gasteiger partial charge in [0.1, 0.15) is 0 Å². The second kappa shape index (κ2) is 3.24. The Bertz CT molecular complexity index is 369. The molecular formula is C13H18N2. The summed E-state index contributed by atoms with van der Waals surface area (Å²) < 4.78 is 0. The van der Waals surface area contributed by atoms with Gasteiger partial charge in [0.2, 0.25) is 0 Å². The summed E-state index contributed by atoms with van der Waals surface area (Å²) in [7, 11) is 0. The van der Waals surface area contributed by atoms with E-state index in [1.165, 1.54) is 24.1 Å². The molecule has 0 amide bonds. The predicted molar refractivity (Wildman–Crippen MR) is 63.0 cm³/mol. The minimum atomic E-state index is 0.594. The quantitative estimate of drug-likeness (QED) is 0.794. The number of benzene rings is 1. The number of anilines is 1. The second-order valence-corrected chi connectivity index (χ2v) is 4.88. The number of nitrogens with zero attached hydrogens (tertiary/aromatic N) is 1. The minimum Gasteiger partial charge on any atom is -0.364 e. The first-order valence-electron chi connectivity index (χ1n) is 5.85. The lowest BCUT2D eigenvalue weighted by atomic mass is 9.83. The van der Waals surface area contributed by atoms with Gasteiger partial charge in [-0.05, 0) is 37.3 Å². The number of hydrogen-bond donors (Lipinski definition) is 1. The van der Waals surface area contributed by atoms with Crippen molar-refractivity contribution in [1.29, 1.82) is 0 Å². The molecule has 2 bridgehead atoms. The van der Waals surface area contributed by atoms with Gasteiger partial charge in [-0.2, -0.15) is 0 Å². The van der Waals surface area contributed by atoms with Crippen molar-refractivity contribution >= 4 is 5.69 Å². The third kappa shape index (κ3) is 1.21. The van der Waals surface area contributed by atoms with Crippen LogP contribution in [0.1, 0.15) is 18.4 Å². The van der Waals surface area contributed by atoms with Crippen LogP contribution in [0.2, 0.25) is 0 Å². The maximum atomic E-state index is 5.89. The average Bonchev–Trinajstić information content (AvgIpc) is 2.70. The minimum absolute atomic E-state index is 0.594. The zero-order valence-corrected chi connectivity index (χ0v) is 9.19. The molecule has 2 N–H and O–H groups in total. The average molecular weight is 202 g/mol. The van der Waals surface area contributed by atoms with Crippen molar-refractivity contribution in [3.8, 4) is 0 Å². The van der Waals surface area contributed by atoms with Gasteiger partial charge in [0.15, 0.2) is 0 Å². The van der Waals surface area contributed by atoms with Crippen molar-refractivity contribution < 1.29 is 0 Å². The fraction of sp³-hybridized carbons (Fsp3) is 0.538. The summed E-state index contributed by atoms with van der Waals surface area (Å²) in [5.41, 5.74) is 8.67. The fourth-order valence-corrected chi connectivity index (χ4v) is 3.20. The third-order valence-corrected chi connectivity index (χ3v) is 4.08. The molecule has 1 aliphatic carbocycles. The van der Waals surface area contributed by atoms with Gasteiger partial charge in [-0.3, -0.25) is 0 Å². The van der Waals surface area contributed by atoms with Crippen LogP contribution in [0.15, 0.2) is 24.3 Å². The van der Waals surface area contributed by atoms with E-state index < -0.39 is 0 Å². The van der Waals surface area contributed by atoms with Crippen LogP contribution in [-0.4, -0.2) is 18.6 Å². The predicted octanol–water partition coefficient (Wildman–Crippen LogP) is 1.92. The Balaban J connectivity index is 1.97. The normalized spacial score (nSPS) is 32.9. The van der Waals surface area contributed by atoms with Crippen LogP contribution in [0, 0.1) is 12.8 Å². The van der Waals surface area contributed by atoms with Crippen molar-refractivity contribution in [2.24, 2.45) is 11.7 Å². The smallest absolute Gasteiger partial charge is 0.0445 e. The SMILES string of the molecule is Cc1ccccc1N1C2CC(C2)C1CN. The number of nitrogens with two attached hydrogens (primary N) is 1. The number of aryl methyl sites for hydroxylation is 1. The molecule has 2 heteroatoms. The van der Waals surface area contributed by atoms with Crippen molar-refractivity contribution in [1.82, 2.24) is 0 Å². The summed E-state index contributed by atoms with van der Waals surface area (Å²) in [5.74, 6) is 0.861. The summed E-state index contributed by atoms with van der Waals surface area (Å²) in [6.07, 6.45) is 2.71. The molecule has 3 fully saturated rings. The van der Waals surface area contributed by atoms with Gasteiger partial charge in [-0.1, -0.05) is 18.2 Å². The van der Waals surface area contributed by atoms with Gasteiger partial charge >= 0.3 is 0 Å². The highest BCUT2D eigenvalue weighted by Crippen LogP contribution is 2.48. The van der Waals surface area contributed by atoms with E-state index in [0.29, 0.717) is 6.04 Å². The third-order valence-electron chi connectivity index (χ3n) is 4.08. The van der Waals surface area contributed by atoms with Crippen LogP contribution in [0.25, 0.3) is 0 Å². The highest BCUT2D eigenvalue weighted by atomic mass is 15.3. The van der Waals surface area contributed by atoms with Crippen LogP contribution in [0.3, 0.4) is 0 Å². The van der Waals surface area contributed by atoms with Crippen molar-refractivity contribution in [3.05, 3.63) is 29.8 Å². The molecule has 0 aromatic heterocycles. The fourth-order valence-electron chi connectivity index (χ4n) is 3.20. The van der Waals surface area contributed by atoms with Crippen LogP contribution >= 0.6 is 0 Å². The molecule has 15 heavy (non-hydrogen) atoms.